The van der Waals surface area contributed by atoms with Gasteiger partial charge in [-0.1, -0.05) is 0 Å². The molecule has 1 rings (SSSR count). The van der Waals surface area contributed by atoms with E-state index in [1.807, 2.05) is 0 Å². The smallest absolute Gasteiger partial charge is 0.278 e. The third-order valence-electron chi connectivity index (χ3n) is 2.10. The lowest BCUT2D eigenvalue weighted by atomic mass is 10.1. The second kappa shape index (κ2) is 5.62. The maximum atomic E-state index is 10.8. The number of carbonyl (C=O) groups excluding carboxylic acids is 1. The Morgan fingerprint density at radius 3 is 2.41 bits per heavy atom. The summed E-state index contributed by atoms with van der Waals surface area (Å²) in [6.45, 7) is -0.125. The van der Waals surface area contributed by atoms with Crippen molar-refractivity contribution in [3.8, 4) is 11.5 Å². The van der Waals surface area contributed by atoms with Gasteiger partial charge in [0.2, 0.25) is 6.08 Å². The van der Waals surface area contributed by atoms with Crippen molar-refractivity contribution in [1.29, 1.82) is 0 Å². The molecule has 0 spiro atoms. The van der Waals surface area contributed by atoms with E-state index >= 15 is 0 Å². The van der Waals surface area contributed by atoms with E-state index in [1.165, 1.54) is 32.4 Å². The zero-order valence-electron chi connectivity index (χ0n) is 9.30. The summed E-state index contributed by atoms with van der Waals surface area (Å²) in [6.07, 6.45) is 1.33. The van der Waals surface area contributed by atoms with Crippen LogP contribution in [0.5, 0.6) is 11.5 Å². The van der Waals surface area contributed by atoms with E-state index in [9.17, 15) is 14.9 Å². The molecule has 0 fully saturated rings. The molecule has 0 aliphatic carbocycles. The van der Waals surface area contributed by atoms with Crippen molar-refractivity contribution in [1.82, 2.24) is 0 Å². The average Bonchev–Trinajstić information content (AvgIpc) is 2.34. The van der Waals surface area contributed by atoms with E-state index in [2.05, 4.69) is 4.99 Å². The van der Waals surface area contributed by atoms with Crippen molar-refractivity contribution < 1.29 is 19.2 Å². The monoisotopic (exact) mass is 238 g/mol. The highest BCUT2D eigenvalue weighted by molar-refractivity contribution is 5.54. The number of hydrogen-bond donors (Lipinski definition) is 0. The number of nitrogens with zero attached hydrogens (tertiary/aromatic N) is 2. The molecule has 1 aromatic carbocycles. The fourth-order valence-electron chi connectivity index (χ4n) is 1.32. The summed E-state index contributed by atoms with van der Waals surface area (Å²) >= 11 is 0. The maximum absolute atomic E-state index is 10.8. The van der Waals surface area contributed by atoms with Gasteiger partial charge in [-0.15, -0.1) is 0 Å². The number of isocyanates is 1. The van der Waals surface area contributed by atoms with Crippen molar-refractivity contribution in [2.24, 2.45) is 4.99 Å². The van der Waals surface area contributed by atoms with E-state index in [0.29, 0.717) is 5.75 Å². The Kier molecular flexibility index (Phi) is 4.19. The van der Waals surface area contributed by atoms with E-state index in [0.717, 1.165) is 0 Å². The number of nitro benzene ring substituents is 1. The topological polar surface area (TPSA) is 91.0 Å². The molecule has 0 amide bonds. The SMILES string of the molecule is COc1cc(CN=C=O)c([N+](=O)[O-])cc1OC. The van der Waals surface area contributed by atoms with Crippen LogP contribution in [0.1, 0.15) is 5.56 Å². The first kappa shape index (κ1) is 12.7. The van der Waals surface area contributed by atoms with E-state index in [1.54, 1.807) is 0 Å². The van der Waals surface area contributed by atoms with Crippen LogP contribution in [-0.4, -0.2) is 25.2 Å². The molecule has 0 saturated heterocycles. The molecule has 17 heavy (non-hydrogen) atoms. The first-order chi connectivity index (χ1) is 8.13. The highest BCUT2D eigenvalue weighted by Gasteiger charge is 2.18. The molecule has 0 aliphatic heterocycles. The van der Waals surface area contributed by atoms with Crippen LogP contribution in [0.3, 0.4) is 0 Å². The Bertz CT molecular complexity index is 480. The molecule has 0 aromatic heterocycles. The van der Waals surface area contributed by atoms with Crippen molar-refractivity contribution in [3.63, 3.8) is 0 Å². The Hall–Kier alpha value is -2.40. The fourth-order valence-corrected chi connectivity index (χ4v) is 1.32. The van der Waals surface area contributed by atoms with Crippen LogP contribution in [0.4, 0.5) is 5.69 Å². The maximum Gasteiger partial charge on any atom is 0.278 e. The minimum absolute atomic E-state index is 0.125. The third-order valence-corrected chi connectivity index (χ3v) is 2.10. The summed E-state index contributed by atoms with van der Waals surface area (Å²) in [6, 6.07) is 2.65. The van der Waals surface area contributed by atoms with Crippen molar-refractivity contribution >= 4 is 11.8 Å². The van der Waals surface area contributed by atoms with Crippen LogP contribution in [0, 0.1) is 10.1 Å². The lowest BCUT2D eigenvalue weighted by Crippen LogP contribution is -1.98. The van der Waals surface area contributed by atoms with Gasteiger partial charge in [0.05, 0.1) is 37.3 Å². The standard InChI is InChI=1S/C10H10N2O5/c1-16-9-3-7(5-11-6-13)8(12(14)15)4-10(9)17-2/h3-4H,5H2,1-2H3. The first-order valence-corrected chi connectivity index (χ1v) is 4.57. The van der Waals surface area contributed by atoms with Crippen LogP contribution in [0.25, 0.3) is 0 Å². The second-order valence-electron chi connectivity index (χ2n) is 3.00. The van der Waals surface area contributed by atoms with Crippen molar-refractivity contribution in [2.45, 2.75) is 6.54 Å². The van der Waals surface area contributed by atoms with Gasteiger partial charge in [0, 0.05) is 0 Å². The quantitative estimate of drug-likeness (QED) is 0.335. The molecule has 0 heterocycles. The Morgan fingerprint density at radius 2 is 1.94 bits per heavy atom. The molecule has 0 unspecified atom stereocenters. The molecule has 7 nitrogen and oxygen atoms in total. The Labute approximate surface area is 96.8 Å². The van der Waals surface area contributed by atoms with Gasteiger partial charge in [0.15, 0.2) is 11.5 Å². The molecule has 0 saturated carbocycles. The molecule has 0 radical (unpaired) electrons. The van der Waals surface area contributed by atoms with Crippen LogP contribution >= 0.6 is 0 Å². The van der Waals surface area contributed by atoms with Gasteiger partial charge in [0.1, 0.15) is 0 Å². The van der Waals surface area contributed by atoms with Crippen LogP contribution in [0.2, 0.25) is 0 Å². The minimum atomic E-state index is -0.572. The predicted octanol–water partition coefficient (Wildman–Crippen LogP) is 1.45. The fraction of sp³-hybridized carbons (Fsp3) is 0.300. The number of methoxy groups -OCH3 is 2. The van der Waals surface area contributed by atoms with Crippen molar-refractivity contribution in [2.75, 3.05) is 14.2 Å². The number of aliphatic imine (C=N–C) groups is 1. The van der Waals surface area contributed by atoms with Crippen LogP contribution in [-0.2, 0) is 11.3 Å². The molecular formula is C10H10N2O5. The molecule has 0 aliphatic rings. The zero-order chi connectivity index (χ0) is 12.8. The van der Waals surface area contributed by atoms with Gasteiger partial charge in [-0.3, -0.25) is 10.1 Å². The van der Waals surface area contributed by atoms with Gasteiger partial charge >= 0.3 is 0 Å². The summed E-state index contributed by atoms with van der Waals surface area (Å²) in [5.74, 6) is 0.590. The second-order valence-corrected chi connectivity index (χ2v) is 3.00. The molecular weight excluding hydrogens is 228 g/mol. The van der Waals surface area contributed by atoms with Crippen LogP contribution in [0.15, 0.2) is 17.1 Å². The summed E-state index contributed by atoms with van der Waals surface area (Å²) in [4.78, 5) is 23.6. The Morgan fingerprint density at radius 1 is 1.35 bits per heavy atom. The van der Waals surface area contributed by atoms with Crippen LogP contribution < -0.4 is 9.47 Å². The highest BCUT2D eigenvalue weighted by atomic mass is 16.6. The van der Waals surface area contributed by atoms with E-state index < -0.39 is 4.92 Å². The lowest BCUT2D eigenvalue weighted by molar-refractivity contribution is -0.385. The summed E-state index contributed by atoms with van der Waals surface area (Å²) in [5.41, 5.74) is 0.0812. The summed E-state index contributed by atoms with van der Waals surface area (Å²) < 4.78 is 9.95. The van der Waals surface area contributed by atoms with Crippen molar-refractivity contribution in [3.05, 3.63) is 27.8 Å². The predicted molar refractivity (Wildman–Crippen MR) is 58.0 cm³/mol. The molecule has 1 aromatic rings. The molecule has 7 heteroatoms. The van der Waals surface area contributed by atoms with Gasteiger partial charge in [0.25, 0.3) is 5.69 Å². The number of rotatable bonds is 5. The molecule has 0 N–H and O–H groups in total. The van der Waals surface area contributed by atoms with Gasteiger partial charge in [-0.2, -0.15) is 0 Å². The minimum Gasteiger partial charge on any atom is -0.493 e. The number of hydrogen-bond acceptors (Lipinski definition) is 6. The average molecular weight is 238 g/mol. The first-order valence-electron chi connectivity index (χ1n) is 4.57. The largest absolute Gasteiger partial charge is 0.493 e. The highest BCUT2D eigenvalue weighted by Crippen LogP contribution is 2.34. The summed E-state index contributed by atoms with van der Waals surface area (Å²) in [5, 5.41) is 10.8. The third kappa shape index (κ3) is 2.79. The summed E-state index contributed by atoms with van der Waals surface area (Å²) in [7, 11) is 2.79. The Balaban J connectivity index is 3.33. The van der Waals surface area contributed by atoms with E-state index in [-0.39, 0.29) is 23.5 Å². The molecule has 0 bridgehead atoms. The molecule has 0 atom stereocenters. The van der Waals surface area contributed by atoms with Gasteiger partial charge in [-0.05, 0) is 6.07 Å². The molecule has 90 valence electrons. The van der Waals surface area contributed by atoms with Gasteiger partial charge in [-0.25, -0.2) is 9.79 Å². The number of benzene rings is 1. The number of ether oxygens (including phenoxy) is 2. The number of nitro groups is 1. The van der Waals surface area contributed by atoms with Gasteiger partial charge < -0.3 is 9.47 Å². The zero-order valence-corrected chi connectivity index (χ0v) is 9.30. The van der Waals surface area contributed by atoms with E-state index in [4.69, 9.17) is 9.47 Å². The lowest BCUT2D eigenvalue weighted by Gasteiger charge is -2.09. The normalized spacial score (nSPS) is 9.29.